The molecule has 10 heteroatoms. The molecule has 38 heavy (non-hydrogen) atoms. The van der Waals surface area contributed by atoms with E-state index in [1.807, 2.05) is 24.3 Å². The first-order chi connectivity index (χ1) is 18.1. The zero-order valence-electron chi connectivity index (χ0n) is 20.4. The van der Waals surface area contributed by atoms with Gasteiger partial charge in [-0.15, -0.1) is 0 Å². The third-order valence-electron chi connectivity index (χ3n) is 5.84. The molecule has 0 aliphatic rings. The summed E-state index contributed by atoms with van der Waals surface area (Å²) in [5.74, 6) is -2.55. The molecule has 0 fully saturated rings. The van der Waals surface area contributed by atoms with Gasteiger partial charge in [-0.3, -0.25) is 9.59 Å². The number of carbonyl (C=O) groups excluding carboxylic acids is 2. The molecular weight excluding hydrogens is 517 g/mol. The van der Waals surface area contributed by atoms with Crippen LogP contribution < -0.4 is 10.7 Å². The van der Waals surface area contributed by atoms with Gasteiger partial charge in [0.15, 0.2) is 0 Å². The van der Waals surface area contributed by atoms with Gasteiger partial charge in [-0.05, 0) is 48.7 Å². The molecule has 4 rings (SSSR count). The number of hydrogen-bond donors (Lipinski definition) is 2. The maximum Gasteiger partial charge on any atom is 0.471 e. The van der Waals surface area contributed by atoms with E-state index in [0.717, 1.165) is 12.0 Å². The Morgan fingerprint density at radius 2 is 1.68 bits per heavy atom. The molecule has 0 radical (unpaired) electrons. The Morgan fingerprint density at radius 3 is 2.32 bits per heavy atom. The van der Waals surface area contributed by atoms with Crippen LogP contribution in [0.1, 0.15) is 35.3 Å². The van der Waals surface area contributed by atoms with Crippen LogP contribution in [0.3, 0.4) is 0 Å². The van der Waals surface area contributed by atoms with Crippen molar-refractivity contribution in [3.8, 4) is 11.3 Å². The molecule has 6 nitrogen and oxygen atoms in total. The number of rotatable bonds is 6. The number of anilines is 1. The van der Waals surface area contributed by atoms with Crippen molar-refractivity contribution in [3.63, 3.8) is 0 Å². The standard InChI is InChI=1S/C28H22ClF3N4O2/c1-3-17-7-9-19(10-8-17)24-15-22(21-5-4-6-23(29)25(21)34-24)26(37)36-35-16(2)18-11-13-20(14-12-18)33-27(38)28(30,31)32/h4-15H,3H2,1-2H3,(H,33,38)(H,36,37)/b35-16+. The monoisotopic (exact) mass is 538 g/mol. The number of hydrogen-bond acceptors (Lipinski definition) is 4. The number of nitrogens with zero attached hydrogens (tertiary/aromatic N) is 2. The molecule has 0 spiro atoms. The average Bonchev–Trinajstić information content (AvgIpc) is 2.91. The Bertz CT molecular complexity index is 1530. The molecule has 3 aromatic carbocycles. The zero-order valence-corrected chi connectivity index (χ0v) is 21.1. The molecule has 2 N–H and O–H groups in total. The fourth-order valence-electron chi connectivity index (χ4n) is 3.72. The number of aromatic nitrogens is 1. The Kier molecular flexibility index (Phi) is 7.78. The minimum Gasteiger partial charge on any atom is -0.318 e. The van der Waals surface area contributed by atoms with Crippen molar-refractivity contribution in [1.29, 1.82) is 0 Å². The second-order valence-corrected chi connectivity index (χ2v) is 8.82. The molecule has 0 saturated heterocycles. The van der Waals surface area contributed by atoms with Crippen molar-refractivity contribution in [2.45, 2.75) is 26.4 Å². The molecule has 0 saturated carbocycles. The van der Waals surface area contributed by atoms with Gasteiger partial charge in [-0.25, -0.2) is 10.4 Å². The van der Waals surface area contributed by atoms with Crippen LogP contribution in [0.2, 0.25) is 5.02 Å². The first-order valence-corrected chi connectivity index (χ1v) is 12.0. The summed E-state index contributed by atoms with van der Waals surface area (Å²) in [7, 11) is 0. The summed E-state index contributed by atoms with van der Waals surface area (Å²) in [6, 6.07) is 20.3. The van der Waals surface area contributed by atoms with Crippen LogP contribution in [-0.2, 0) is 11.2 Å². The Hall–Kier alpha value is -4.24. The van der Waals surface area contributed by atoms with Crippen LogP contribution in [0.15, 0.2) is 77.9 Å². The third kappa shape index (κ3) is 6.00. The van der Waals surface area contributed by atoms with Crippen LogP contribution >= 0.6 is 11.6 Å². The van der Waals surface area contributed by atoms with Crippen molar-refractivity contribution in [1.82, 2.24) is 10.4 Å². The van der Waals surface area contributed by atoms with Crippen LogP contribution in [0.4, 0.5) is 18.9 Å². The van der Waals surface area contributed by atoms with Gasteiger partial charge >= 0.3 is 12.1 Å². The predicted octanol–water partition coefficient (Wildman–Crippen LogP) is 6.77. The first-order valence-electron chi connectivity index (χ1n) is 11.6. The van der Waals surface area contributed by atoms with E-state index in [1.165, 1.54) is 29.8 Å². The number of pyridine rings is 1. The van der Waals surface area contributed by atoms with Crippen LogP contribution in [0.5, 0.6) is 0 Å². The highest BCUT2D eigenvalue weighted by Crippen LogP contribution is 2.29. The van der Waals surface area contributed by atoms with Gasteiger partial charge in [0.1, 0.15) is 0 Å². The normalized spacial score (nSPS) is 11.9. The summed E-state index contributed by atoms with van der Waals surface area (Å²) in [4.78, 5) is 29.0. The van der Waals surface area contributed by atoms with Crippen molar-refractivity contribution >= 4 is 45.7 Å². The number of para-hydroxylation sites is 1. The largest absolute Gasteiger partial charge is 0.471 e. The van der Waals surface area contributed by atoms with E-state index in [9.17, 15) is 22.8 Å². The van der Waals surface area contributed by atoms with E-state index >= 15 is 0 Å². The smallest absolute Gasteiger partial charge is 0.318 e. The van der Waals surface area contributed by atoms with E-state index in [-0.39, 0.29) is 5.69 Å². The fraction of sp³-hybridized carbons (Fsp3) is 0.143. The highest BCUT2D eigenvalue weighted by atomic mass is 35.5. The lowest BCUT2D eigenvalue weighted by Crippen LogP contribution is -2.29. The van der Waals surface area contributed by atoms with Crippen molar-refractivity contribution in [3.05, 3.63) is 94.5 Å². The van der Waals surface area contributed by atoms with Gasteiger partial charge in [0.05, 0.1) is 27.5 Å². The lowest BCUT2D eigenvalue weighted by atomic mass is 10.0. The van der Waals surface area contributed by atoms with Crippen molar-refractivity contribution < 1.29 is 22.8 Å². The Labute approximate surface area is 221 Å². The van der Waals surface area contributed by atoms with Gasteiger partial charge in [0, 0.05) is 16.6 Å². The molecule has 1 heterocycles. The minimum atomic E-state index is -4.99. The van der Waals surface area contributed by atoms with E-state index in [0.29, 0.717) is 38.5 Å². The number of aryl methyl sites for hydroxylation is 1. The summed E-state index contributed by atoms with van der Waals surface area (Å²) in [5, 5.41) is 6.89. The van der Waals surface area contributed by atoms with Crippen molar-refractivity contribution in [2.75, 3.05) is 5.32 Å². The predicted molar refractivity (Wildman–Crippen MR) is 142 cm³/mol. The van der Waals surface area contributed by atoms with E-state index in [2.05, 4.69) is 22.4 Å². The Balaban J connectivity index is 1.59. The summed E-state index contributed by atoms with van der Waals surface area (Å²) in [6.07, 6.45) is -4.09. The number of carbonyl (C=O) groups is 2. The van der Waals surface area contributed by atoms with Gasteiger partial charge in [-0.2, -0.15) is 18.3 Å². The lowest BCUT2D eigenvalue weighted by molar-refractivity contribution is -0.167. The van der Waals surface area contributed by atoms with Gasteiger partial charge in [0.25, 0.3) is 5.91 Å². The first kappa shape index (κ1) is 26.8. The van der Waals surface area contributed by atoms with Gasteiger partial charge in [-0.1, -0.05) is 67.1 Å². The zero-order chi connectivity index (χ0) is 27.4. The SMILES string of the molecule is CCc1ccc(-c2cc(C(=O)N/N=C(\C)c3ccc(NC(=O)C(F)(F)F)cc3)c3cccc(Cl)c3n2)cc1. The number of fused-ring (bicyclic) bond motifs is 1. The number of hydrazone groups is 1. The molecule has 0 aliphatic heterocycles. The highest BCUT2D eigenvalue weighted by molar-refractivity contribution is 6.35. The maximum absolute atomic E-state index is 13.2. The molecule has 0 aliphatic carbocycles. The number of alkyl halides is 3. The summed E-state index contributed by atoms with van der Waals surface area (Å²) < 4.78 is 37.3. The second kappa shape index (κ2) is 11.0. The highest BCUT2D eigenvalue weighted by Gasteiger charge is 2.38. The van der Waals surface area contributed by atoms with Crippen LogP contribution in [0, 0.1) is 0 Å². The van der Waals surface area contributed by atoms with E-state index in [1.54, 1.807) is 36.5 Å². The molecule has 1 aromatic heterocycles. The number of halogens is 4. The number of benzene rings is 3. The molecule has 0 atom stereocenters. The molecule has 194 valence electrons. The molecule has 0 unspecified atom stereocenters. The van der Waals surface area contributed by atoms with E-state index in [4.69, 9.17) is 11.6 Å². The van der Waals surface area contributed by atoms with Crippen LogP contribution in [0.25, 0.3) is 22.2 Å². The lowest BCUT2D eigenvalue weighted by Gasteiger charge is -2.11. The quantitative estimate of drug-likeness (QED) is 0.210. The molecule has 2 amide bonds. The molecule has 4 aromatic rings. The molecular formula is C28H22ClF3N4O2. The second-order valence-electron chi connectivity index (χ2n) is 8.41. The van der Waals surface area contributed by atoms with Crippen LogP contribution in [-0.4, -0.2) is 28.7 Å². The van der Waals surface area contributed by atoms with Gasteiger partial charge in [0.2, 0.25) is 0 Å². The minimum absolute atomic E-state index is 0.0208. The Morgan fingerprint density at radius 1 is 1.00 bits per heavy atom. The van der Waals surface area contributed by atoms with E-state index < -0.39 is 18.0 Å². The topological polar surface area (TPSA) is 83.5 Å². The van der Waals surface area contributed by atoms with Crippen molar-refractivity contribution in [2.24, 2.45) is 5.10 Å². The maximum atomic E-state index is 13.2. The number of amides is 2. The summed E-state index contributed by atoms with van der Waals surface area (Å²) in [5.41, 5.74) is 6.84. The molecule has 0 bridgehead atoms. The number of nitrogens with one attached hydrogen (secondary N) is 2. The summed E-state index contributed by atoms with van der Waals surface area (Å²) in [6.45, 7) is 3.69. The van der Waals surface area contributed by atoms with Gasteiger partial charge < -0.3 is 5.32 Å². The fourth-order valence-corrected chi connectivity index (χ4v) is 3.93. The third-order valence-corrected chi connectivity index (χ3v) is 6.14. The average molecular weight is 539 g/mol. The summed E-state index contributed by atoms with van der Waals surface area (Å²) >= 11 is 6.41.